The molecule has 0 radical (unpaired) electrons. The molecule has 0 aromatic carbocycles. The summed E-state index contributed by atoms with van der Waals surface area (Å²) in [4.78, 5) is 21.7. The lowest BCUT2D eigenvalue weighted by Gasteiger charge is -2.09. The number of hydrogen-bond donors (Lipinski definition) is 3. The van der Waals surface area contributed by atoms with Gasteiger partial charge in [-0.1, -0.05) is 0 Å². The molecule has 0 heterocycles. The molecule has 0 aliphatic rings. The van der Waals surface area contributed by atoms with Crippen LogP contribution in [0, 0.1) is 0 Å². The van der Waals surface area contributed by atoms with Gasteiger partial charge >= 0.3 is 0 Å². The van der Waals surface area contributed by atoms with Crippen molar-refractivity contribution in [3.8, 4) is 0 Å². The van der Waals surface area contributed by atoms with E-state index in [4.69, 9.17) is 0 Å². The van der Waals surface area contributed by atoms with E-state index in [9.17, 15) is 9.59 Å². The van der Waals surface area contributed by atoms with Gasteiger partial charge in [0.25, 0.3) is 0 Å². The van der Waals surface area contributed by atoms with E-state index in [0.717, 1.165) is 0 Å². The van der Waals surface area contributed by atoms with E-state index in [2.05, 4.69) is 16.0 Å². The van der Waals surface area contributed by atoms with Gasteiger partial charge in [0, 0.05) is 7.05 Å². The van der Waals surface area contributed by atoms with Crippen LogP contribution >= 0.6 is 0 Å². The Morgan fingerprint density at radius 2 is 2.00 bits per heavy atom. The van der Waals surface area contributed by atoms with Gasteiger partial charge < -0.3 is 16.0 Å². The summed E-state index contributed by atoms with van der Waals surface area (Å²) in [5.74, 6) is -0.651. The second-order valence-corrected chi connectivity index (χ2v) is 2.40. The van der Waals surface area contributed by atoms with Crippen LogP contribution in [-0.2, 0) is 9.59 Å². The molecule has 12 heavy (non-hydrogen) atoms. The first-order valence-electron chi connectivity index (χ1n) is 3.77. The predicted octanol–water partition coefficient (Wildman–Crippen LogP) is -2.97. The molecule has 0 aliphatic carbocycles. The first-order valence-corrected chi connectivity index (χ1v) is 3.77. The molecule has 0 aromatic rings. The average molecular weight is 171 g/mol. The predicted molar refractivity (Wildman–Crippen MR) is 48.5 cm³/mol. The van der Waals surface area contributed by atoms with Crippen molar-refractivity contribution in [2.75, 3.05) is 20.6 Å². The van der Waals surface area contributed by atoms with Crippen molar-refractivity contribution >= 4 is 19.7 Å². The van der Waals surface area contributed by atoms with Gasteiger partial charge in [-0.3, -0.25) is 9.59 Å². The summed E-state index contributed by atoms with van der Waals surface area (Å²) >= 11 is 0. The standard InChI is InChI=1S/C6H14BN3O2/c1-8-4(11)3-10-6(12)5(7)9-2/h5,9H,3,7H2,1-2H3,(H,8,11)(H,10,12). The molecule has 0 aliphatic heterocycles. The first kappa shape index (κ1) is 11.0. The number of carbonyl (C=O) groups is 2. The summed E-state index contributed by atoms with van der Waals surface area (Å²) < 4.78 is 0. The van der Waals surface area contributed by atoms with E-state index in [-0.39, 0.29) is 24.3 Å². The highest BCUT2D eigenvalue weighted by molar-refractivity contribution is 6.23. The summed E-state index contributed by atoms with van der Waals surface area (Å²) in [5.41, 5.74) is 0. The zero-order chi connectivity index (χ0) is 9.56. The van der Waals surface area contributed by atoms with Crippen LogP contribution in [0.3, 0.4) is 0 Å². The summed E-state index contributed by atoms with van der Waals surface area (Å²) in [6.07, 6.45) is 0. The molecule has 0 aromatic heterocycles. The third-order valence-electron chi connectivity index (χ3n) is 1.53. The largest absolute Gasteiger partial charge is 0.358 e. The minimum atomic E-state index is -0.269. The molecule has 0 spiro atoms. The first-order chi connectivity index (χ1) is 5.61. The van der Waals surface area contributed by atoms with Crippen molar-refractivity contribution < 1.29 is 9.59 Å². The lowest BCUT2D eigenvalue weighted by molar-refractivity contribution is -0.125. The molecule has 0 bridgehead atoms. The Labute approximate surface area is 72.7 Å². The van der Waals surface area contributed by atoms with Crippen LogP contribution in [0.4, 0.5) is 0 Å². The SMILES string of the molecule is BC(NC)C(=O)NCC(=O)NC. The van der Waals surface area contributed by atoms with Gasteiger partial charge in [-0.25, -0.2) is 0 Å². The normalized spacial score (nSPS) is 11.8. The highest BCUT2D eigenvalue weighted by Gasteiger charge is 2.09. The third kappa shape index (κ3) is 3.97. The maximum Gasteiger partial charge on any atom is 0.239 e. The zero-order valence-corrected chi connectivity index (χ0v) is 7.60. The maximum atomic E-state index is 11.0. The van der Waals surface area contributed by atoms with E-state index < -0.39 is 0 Å². The van der Waals surface area contributed by atoms with E-state index in [1.165, 1.54) is 7.05 Å². The number of carbonyl (C=O) groups excluding carboxylic acids is 2. The minimum absolute atomic E-state index is 0.0291. The van der Waals surface area contributed by atoms with Crippen LogP contribution in [-0.4, -0.2) is 46.2 Å². The Bertz CT molecular complexity index is 174. The Hall–Kier alpha value is -1.04. The molecule has 2 amide bonds. The maximum absolute atomic E-state index is 11.0. The lowest BCUT2D eigenvalue weighted by atomic mass is 9.96. The minimum Gasteiger partial charge on any atom is -0.358 e. The number of hydrogen-bond acceptors (Lipinski definition) is 3. The van der Waals surface area contributed by atoms with Gasteiger partial charge in [-0.2, -0.15) is 0 Å². The van der Waals surface area contributed by atoms with Crippen LogP contribution in [0.5, 0.6) is 0 Å². The topological polar surface area (TPSA) is 70.2 Å². The number of nitrogens with one attached hydrogen (secondary N) is 3. The lowest BCUT2D eigenvalue weighted by Crippen LogP contribution is -2.45. The van der Waals surface area contributed by atoms with Gasteiger partial charge in [0.15, 0.2) is 0 Å². The van der Waals surface area contributed by atoms with E-state index in [1.807, 2.05) is 0 Å². The van der Waals surface area contributed by atoms with Gasteiger partial charge in [0.1, 0.15) is 7.85 Å². The van der Waals surface area contributed by atoms with Gasteiger partial charge in [0.2, 0.25) is 11.8 Å². The molecule has 6 heteroatoms. The molecule has 3 N–H and O–H groups in total. The van der Waals surface area contributed by atoms with Crippen molar-refractivity contribution in [1.29, 1.82) is 0 Å². The smallest absolute Gasteiger partial charge is 0.239 e. The van der Waals surface area contributed by atoms with Crippen molar-refractivity contribution in [3.05, 3.63) is 0 Å². The van der Waals surface area contributed by atoms with E-state index in [1.54, 1.807) is 14.9 Å². The third-order valence-corrected chi connectivity index (χ3v) is 1.53. The van der Waals surface area contributed by atoms with Crippen molar-refractivity contribution in [2.45, 2.75) is 5.94 Å². The zero-order valence-electron chi connectivity index (χ0n) is 7.60. The number of likely N-dealkylation sites (N-methyl/N-ethyl adjacent to an activating group) is 2. The molecule has 0 saturated carbocycles. The fourth-order valence-corrected chi connectivity index (χ4v) is 0.540. The van der Waals surface area contributed by atoms with Crippen molar-refractivity contribution in [2.24, 2.45) is 0 Å². The molecular formula is C6H14BN3O2. The van der Waals surface area contributed by atoms with Gasteiger partial charge in [-0.05, 0) is 7.05 Å². The van der Waals surface area contributed by atoms with Crippen molar-refractivity contribution in [1.82, 2.24) is 16.0 Å². The Balaban J connectivity index is 3.64. The second kappa shape index (κ2) is 5.59. The molecule has 0 fully saturated rings. The average Bonchev–Trinajstić information content (AvgIpc) is 2.11. The fraction of sp³-hybridized carbons (Fsp3) is 0.667. The molecule has 0 saturated heterocycles. The van der Waals surface area contributed by atoms with Crippen LogP contribution in [0.1, 0.15) is 0 Å². The molecule has 5 nitrogen and oxygen atoms in total. The van der Waals surface area contributed by atoms with Gasteiger partial charge in [0.05, 0.1) is 12.5 Å². The van der Waals surface area contributed by atoms with E-state index >= 15 is 0 Å². The van der Waals surface area contributed by atoms with Crippen LogP contribution in [0.15, 0.2) is 0 Å². The van der Waals surface area contributed by atoms with Crippen molar-refractivity contribution in [3.63, 3.8) is 0 Å². The Morgan fingerprint density at radius 3 is 2.42 bits per heavy atom. The summed E-state index contributed by atoms with van der Waals surface area (Å²) in [6, 6.07) is 0. The van der Waals surface area contributed by atoms with Crippen LogP contribution in [0.25, 0.3) is 0 Å². The monoisotopic (exact) mass is 171 g/mol. The fourth-order valence-electron chi connectivity index (χ4n) is 0.540. The molecular weight excluding hydrogens is 157 g/mol. The highest BCUT2D eigenvalue weighted by atomic mass is 16.2. The van der Waals surface area contributed by atoms with Crippen LogP contribution < -0.4 is 16.0 Å². The van der Waals surface area contributed by atoms with Gasteiger partial charge in [-0.15, -0.1) is 0 Å². The molecule has 1 unspecified atom stereocenters. The molecule has 1 atom stereocenters. The summed E-state index contributed by atoms with van der Waals surface area (Å²) in [6.45, 7) is 0.0291. The number of amides is 2. The molecule has 0 rings (SSSR count). The van der Waals surface area contributed by atoms with E-state index in [0.29, 0.717) is 0 Å². The summed E-state index contributed by atoms with van der Waals surface area (Å²) in [5, 5.41) is 7.64. The number of rotatable bonds is 4. The Morgan fingerprint density at radius 1 is 1.42 bits per heavy atom. The molecule has 68 valence electrons. The highest BCUT2D eigenvalue weighted by Crippen LogP contribution is 1.73. The second-order valence-electron chi connectivity index (χ2n) is 2.40. The Kier molecular flexibility index (Phi) is 5.11. The quantitative estimate of drug-likeness (QED) is 0.395. The summed E-state index contributed by atoms with van der Waals surface area (Å²) in [7, 11) is 4.93. The van der Waals surface area contributed by atoms with Crippen LogP contribution in [0.2, 0.25) is 0 Å².